The van der Waals surface area contributed by atoms with Crippen LogP contribution >= 0.6 is 0 Å². The van der Waals surface area contributed by atoms with Crippen LogP contribution in [0, 0.1) is 18.3 Å². The minimum atomic E-state index is -1.49. The van der Waals surface area contributed by atoms with Crippen molar-refractivity contribution in [1.29, 1.82) is 0 Å². The number of phenols is 2. The Morgan fingerprint density at radius 1 is 1.16 bits per heavy atom. The molecular formula is C32H48N2O11. The number of aliphatic hydroxyl groups excluding tert-OH is 2. The first-order valence-electron chi connectivity index (χ1n) is 14.9. The van der Waals surface area contributed by atoms with E-state index in [-0.39, 0.29) is 42.7 Å². The van der Waals surface area contributed by atoms with Crippen molar-refractivity contribution in [3.63, 3.8) is 0 Å². The van der Waals surface area contributed by atoms with Gasteiger partial charge in [-0.25, -0.2) is 4.79 Å². The fourth-order valence-corrected chi connectivity index (χ4v) is 5.93. The predicted octanol–water partition coefficient (Wildman–Crippen LogP) is 2.49. The maximum absolute atomic E-state index is 13.0. The molecule has 1 aromatic rings. The summed E-state index contributed by atoms with van der Waals surface area (Å²) in [7, 11) is 4.22. The number of methoxy groups -OCH3 is 2. The molecule has 13 heteroatoms. The van der Waals surface area contributed by atoms with Gasteiger partial charge >= 0.3 is 5.97 Å². The summed E-state index contributed by atoms with van der Waals surface area (Å²) in [5, 5.41) is 49.5. The number of aliphatic hydroxyl groups is 2. The molecule has 8 atom stereocenters. The van der Waals surface area contributed by atoms with E-state index in [1.54, 1.807) is 20.8 Å². The highest BCUT2D eigenvalue weighted by molar-refractivity contribution is 5.96. The summed E-state index contributed by atoms with van der Waals surface area (Å²) in [6, 6.07) is 1.11. The van der Waals surface area contributed by atoms with Crippen molar-refractivity contribution in [3.8, 4) is 11.5 Å². The van der Waals surface area contributed by atoms with Crippen LogP contribution in [-0.2, 0) is 35.0 Å². The second-order valence-corrected chi connectivity index (χ2v) is 12.6. The topological polar surface area (TPSA) is 186 Å². The van der Waals surface area contributed by atoms with Gasteiger partial charge in [-0.3, -0.25) is 4.79 Å². The molecule has 1 amide bonds. The maximum Gasteiger partial charge on any atom is 0.342 e. The van der Waals surface area contributed by atoms with Gasteiger partial charge in [-0.05, 0) is 31.4 Å². The average molecular weight is 637 g/mol. The summed E-state index contributed by atoms with van der Waals surface area (Å²) >= 11 is 0. The number of cyclic esters (lactones) is 1. The van der Waals surface area contributed by atoms with Gasteiger partial charge in [0.2, 0.25) is 0 Å². The molecule has 2 unspecified atom stereocenters. The van der Waals surface area contributed by atoms with Gasteiger partial charge in [0.05, 0.1) is 24.0 Å². The molecule has 2 aliphatic rings. The van der Waals surface area contributed by atoms with E-state index in [0.717, 1.165) is 11.6 Å². The number of hydrogen-bond donors (Lipinski definition) is 5. The van der Waals surface area contributed by atoms with Crippen LogP contribution in [0.1, 0.15) is 68.4 Å². The second-order valence-electron chi connectivity index (χ2n) is 12.6. The minimum Gasteiger partial charge on any atom is -0.508 e. The van der Waals surface area contributed by atoms with Crippen LogP contribution in [0.2, 0.25) is 0 Å². The number of benzene rings is 1. The number of phenolic OH excluding ortho intramolecular Hbond substituents is 2. The number of esters is 1. The summed E-state index contributed by atoms with van der Waals surface area (Å²) < 4.78 is 23.0. The standard InChI is InChI=1S/C32H48N2O11/c1-15(2)10-23(41-7)28(38)29(39)33-30(42-8)24-14-25(34-43-9)32(5,6)26(44-24)13-20(36)17(4)22-11-18-16(3)19(35)12-21(37)27(18)31(40)45-22/h12,17,20,22-24,26,28,30,35-38H,1,10-11,13-14H2,2-9H3,(H,33,39)/b34-25-/t17-,20+,22-,23+,24?,26?,28+,30+/m1/s1. The number of ether oxygens (including phenoxy) is 4. The Bertz CT molecular complexity index is 1280. The first-order valence-corrected chi connectivity index (χ1v) is 14.9. The van der Waals surface area contributed by atoms with E-state index in [1.165, 1.54) is 21.3 Å². The van der Waals surface area contributed by atoms with Gasteiger partial charge in [-0.2, -0.15) is 0 Å². The molecule has 0 aromatic heterocycles. The first kappa shape index (κ1) is 36.2. The normalized spacial score (nSPS) is 25.3. The summed E-state index contributed by atoms with van der Waals surface area (Å²) in [4.78, 5) is 31.0. The highest BCUT2D eigenvalue weighted by atomic mass is 16.6. The van der Waals surface area contributed by atoms with E-state index < -0.39 is 66.1 Å². The summed E-state index contributed by atoms with van der Waals surface area (Å²) in [6.07, 6.45) is -5.70. The Labute approximate surface area is 264 Å². The van der Waals surface area contributed by atoms with Crippen molar-refractivity contribution in [3.05, 3.63) is 34.9 Å². The van der Waals surface area contributed by atoms with E-state index in [1.807, 2.05) is 13.8 Å². The number of nitrogens with one attached hydrogen (secondary N) is 1. The van der Waals surface area contributed by atoms with Gasteiger partial charge in [-0.1, -0.05) is 31.5 Å². The highest BCUT2D eigenvalue weighted by Crippen LogP contribution is 2.41. The molecule has 0 radical (unpaired) electrons. The molecule has 13 nitrogen and oxygen atoms in total. The third-order valence-electron chi connectivity index (χ3n) is 9.02. The predicted molar refractivity (Wildman–Crippen MR) is 164 cm³/mol. The van der Waals surface area contributed by atoms with Gasteiger partial charge in [-0.15, -0.1) is 6.58 Å². The molecule has 0 spiro atoms. The highest BCUT2D eigenvalue weighted by Gasteiger charge is 2.48. The number of hydrogen-bond acceptors (Lipinski definition) is 12. The van der Waals surface area contributed by atoms with Crippen LogP contribution in [-0.4, -0.2) is 102 Å². The van der Waals surface area contributed by atoms with Crippen LogP contribution in [0.4, 0.5) is 0 Å². The van der Waals surface area contributed by atoms with Crippen molar-refractivity contribution in [2.75, 3.05) is 21.3 Å². The summed E-state index contributed by atoms with van der Waals surface area (Å²) in [5.41, 5.74) is 1.57. The average Bonchev–Trinajstić information content (AvgIpc) is 2.98. The molecule has 1 aromatic carbocycles. The Hall–Kier alpha value is -3.23. The number of carbonyl (C=O) groups is 2. The molecule has 0 saturated carbocycles. The number of amides is 1. The monoisotopic (exact) mass is 636 g/mol. The van der Waals surface area contributed by atoms with Gasteiger partial charge in [0, 0.05) is 50.9 Å². The zero-order valence-electron chi connectivity index (χ0n) is 27.3. The van der Waals surface area contributed by atoms with Crippen molar-refractivity contribution in [2.24, 2.45) is 16.5 Å². The molecule has 2 aliphatic heterocycles. The summed E-state index contributed by atoms with van der Waals surface area (Å²) in [5.74, 6) is -2.52. The van der Waals surface area contributed by atoms with E-state index in [9.17, 15) is 30.0 Å². The molecule has 2 heterocycles. The lowest BCUT2D eigenvalue weighted by atomic mass is 9.73. The first-order chi connectivity index (χ1) is 21.1. The SMILES string of the molecule is C=C(C)C[C@H](OC)[C@H](O)C(=O)N[C@@H](OC)C1C/C(=N/OC)C(C)(C)C(C[C@H](O)[C@@H](C)[C@H]2Cc3c(C)c(O)cc(O)c3C(=O)O2)O1. The Morgan fingerprint density at radius 3 is 2.40 bits per heavy atom. The quantitative estimate of drug-likeness (QED) is 0.0927. The third kappa shape index (κ3) is 7.95. The smallest absolute Gasteiger partial charge is 0.342 e. The number of carbonyl (C=O) groups excluding carboxylic acids is 2. The largest absolute Gasteiger partial charge is 0.508 e. The lowest BCUT2D eigenvalue weighted by Crippen LogP contribution is -2.58. The zero-order chi connectivity index (χ0) is 33.8. The van der Waals surface area contributed by atoms with E-state index in [2.05, 4.69) is 17.1 Å². The third-order valence-corrected chi connectivity index (χ3v) is 9.02. The number of nitrogens with zero attached hydrogens (tertiary/aromatic N) is 1. The minimum absolute atomic E-state index is 0.0115. The van der Waals surface area contributed by atoms with Crippen molar-refractivity contribution >= 4 is 17.6 Å². The number of rotatable bonds is 13. The molecular weight excluding hydrogens is 588 g/mol. The zero-order valence-corrected chi connectivity index (χ0v) is 27.3. The maximum atomic E-state index is 13.0. The number of aromatic hydroxyl groups is 2. The van der Waals surface area contributed by atoms with Gasteiger partial charge < -0.3 is 49.5 Å². The van der Waals surface area contributed by atoms with Crippen molar-refractivity contribution < 1.29 is 53.8 Å². The van der Waals surface area contributed by atoms with E-state index in [0.29, 0.717) is 16.8 Å². The molecule has 0 aliphatic carbocycles. The van der Waals surface area contributed by atoms with Gasteiger partial charge in [0.25, 0.3) is 5.91 Å². The molecule has 5 N–H and O–H groups in total. The fourth-order valence-electron chi connectivity index (χ4n) is 5.93. The van der Waals surface area contributed by atoms with Crippen LogP contribution in [0.25, 0.3) is 0 Å². The number of fused-ring (bicyclic) bond motifs is 1. The van der Waals surface area contributed by atoms with Crippen molar-refractivity contribution in [1.82, 2.24) is 5.32 Å². The fraction of sp³-hybridized carbons (Fsp3) is 0.656. The van der Waals surface area contributed by atoms with Crippen LogP contribution in [0.15, 0.2) is 23.4 Å². The Kier molecular flexibility index (Phi) is 12.0. The molecule has 0 bridgehead atoms. The van der Waals surface area contributed by atoms with Crippen LogP contribution in [0.5, 0.6) is 11.5 Å². The molecule has 3 rings (SSSR count). The van der Waals surface area contributed by atoms with E-state index in [4.69, 9.17) is 23.8 Å². The molecule has 252 valence electrons. The molecule has 1 fully saturated rings. The second kappa shape index (κ2) is 14.9. The van der Waals surface area contributed by atoms with Crippen LogP contribution < -0.4 is 5.32 Å². The number of oxime groups is 1. The van der Waals surface area contributed by atoms with Crippen LogP contribution in [0.3, 0.4) is 0 Å². The lowest BCUT2D eigenvalue weighted by molar-refractivity contribution is -0.161. The lowest BCUT2D eigenvalue weighted by Gasteiger charge is -2.46. The van der Waals surface area contributed by atoms with Gasteiger partial charge in [0.15, 0.2) is 12.3 Å². The Morgan fingerprint density at radius 2 is 1.82 bits per heavy atom. The van der Waals surface area contributed by atoms with Crippen molar-refractivity contribution in [2.45, 2.75) is 103 Å². The van der Waals surface area contributed by atoms with E-state index >= 15 is 0 Å². The molecule has 45 heavy (non-hydrogen) atoms. The van der Waals surface area contributed by atoms with Gasteiger partial charge in [0.1, 0.15) is 36.4 Å². The summed E-state index contributed by atoms with van der Waals surface area (Å²) in [6.45, 7) is 12.8. The Balaban J connectivity index is 1.80. The molecule has 1 saturated heterocycles.